The predicted molar refractivity (Wildman–Crippen MR) is 67.7 cm³/mol. The van der Waals surface area contributed by atoms with Gasteiger partial charge in [-0.25, -0.2) is 8.42 Å². The van der Waals surface area contributed by atoms with Crippen LogP contribution in [0, 0.1) is 6.92 Å². The summed E-state index contributed by atoms with van der Waals surface area (Å²) in [7, 11) is -3.57. The summed E-state index contributed by atoms with van der Waals surface area (Å²) in [6, 6.07) is 1.56. The van der Waals surface area contributed by atoms with E-state index in [4.69, 9.17) is 5.73 Å². The van der Waals surface area contributed by atoms with Gasteiger partial charge < -0.3 is 5.73 Å². The monoisotopic (exact) mass is 290 g/mol. The number of nitrogens with one attached hydrogen (secondary N) is 1. The second kappa shape index (κ2) is 4.69. The van der Waals surface area contributed by atoms with Crippen LogP contribution >= 0.6 is 22.7 Å². The second-order valence-corrected chi connectivity index (χ2v) is 7.21. The highest BCUT2D eigenvalue weighted by Crippen LogP contribution is 2.24. The van der Waals surface area contributed by atoms with Crippen LogP contribution in [0.2, 0.25) is 0 Å². The van der Waals surface area contributed by atoms with Gasteiger partial charge in [0, 0.05) is 6.54 Å². The first kappa shape index (κ1) is 12.4. The molecule has 0 fully saturated rings. The van der Waals surface area contributed by atoms with Crippen LogP contribution in [-0.4, -0.2) is 18.6 Å². The van der Waals surface area contributed by atoms with Crippen LogP contribution in [-0.2, 0) is 16.6 Å². The van der Waals surface area contributed by atoms with E-state index in [2.05, 4.69) is 14.9 Å². The summed E-state index contributed by atoms with van der Waals surface area (Å²) >= 11 is 2.32. The Morgan fingerprint density at radius 2 is 2.24 bits per heavy atom. The van der Waals surface area contributed by atoms with Crippen molar-refractivity contribution in [3.63, 3.8) is 0 Å². The molecule has 2 rings (SSSR count). The molecule has 17 heavy (non-hydrogen) atoms. The minimum atomic E-state index is -3.57. The van der Waals surface area contributed by atoms with E-state index in [0.717, 1.165) is 16.9 Å². The molecule has 0 spiro atoms. The van der Waals surface area contributed by atoms with Crippen LogP contribution in [0.15, 0.2) is 15.7 Å². The van der Waals surface area contributed by atoms with Crippen molar-refractivity contribution in [2.24, 2.45) is 5.73 Å². The summed E-state index contributed by atoms with van der Waals surface area (Å²) in [5, 5.41) is 10.1. The molecule has 0 unspecified atom stereocenters. The maximum atomic E-state index is 11.9. The molecule has 0 aliphatic heterocycles. The van der Waals surface area contributed by atoms with Gasteiger partial charge in [-0.15, -0.1) is 21.5 Å². The number of aryl methyl sites for hydroxylation is 1. The number of anilines is 1. The van der Waals surface area contributed by atoms with E-state index in [-0.39, 0.29) is 9.34 Å². The van der Waals surface area contributed by atoms with Crippen molar-refractivity contribution in [3.8, 4) is 0 Å². The van der Waals surface area contributed by atoms with Crippen molar-refractivity contribution >= 4 is 37.8 Å². The summed E-state index contributed by atoms with van der Waals surface area (Å²) in [5.41, 5.74) is 6.23. The van der Waals surface area contributed by atoms with Gasteiger partial charge in [0.2, 0.25) is 5.13 Å². The lowest BCUT2D eigenvalue weighted by molar-refractivity contribution is 0.603. The van der Waals surface area contributed by atoms with Crippen molar-refractivity contribution in [2.45, 2.75) is 17.7 Å². The average molecular weight is 290 g/mol. The van der Waals surface area contributed by atoms with Crippen LogP contribution in [0.5, 0.6) is 0 Å². The SMILES string of the molecule is Cc1nnc(NS(=O)(=O)c2cc(CN)cs2)s1. The molecule has 0 radical (unpaired) electrons. The van der Waals surface area contributed by atoms with E-state index >= 15 is 0 Å². The maximum Gasteiger partial charge on any atom is 0.273 e. The fraction of sp³-hybridized carbons (Fsp3) is 0.250. The van der Waals surface area contributed by atoms with E-state index in [1.165, 1.54) is 11.3 Å². The van der Waals surface area contributed by atoms with Gasteiger partial charge in [0.15, 0.2) is 0 Å². The molecule has 2 aromatic heterocycles. The van der Waals surface area contributed by atoms with E-state index in [1.54, 1.807) is 18.4 Å². The molecule has 0 aliphatic carbocycles. The zero-order chi connectivity index (χ0) is 12.5. The van der Waals surface area contributed by atoms with E-state index in [9.17, 15) is 8.42 Å². The first-order valence-electron chi connectivity index (χ1n) is 4.61. The summed E-state index contributed by atoms with van der Waals surface area (Å²) in [6.07, 6.45) is 0. The summed E-state index contributed by atoms with van der Waals surface area (Å²) in [6.45, 7) is 2.08. The first-order valence-corrected chi connectivity index (χ1v) is 7.79. The molecular formula is C8H10N4O2S3. The molecule has 0 saturated carbocycles. The van der Waals surface area contributed by atoms with Crippen molar-refractivity contribution in [1.29, 1.82) is 0 Å². The maximum absolute atomic E-state index is 11.9. The normalized spacial score (nSPS) is 11.6. The lowest BCUT2D eigenvalue weighted by Crippen LogP contribution is -2.11. The molecule has 2 heterocycles. The van der Waals surface area contributed by atoms with E-state index in [0.29, 0.717) is 11.6 Å². The number of nitrogens with two attached hydrogens (primary N) is 1. The molecule has 0 atom stereocenters. The number of hydrogen-bond acceptors (Lipinski definition) is 7. The van der Waals surface area contributed by atoms with E-state index in [1.807, 2.05) is 0 Å². The highest BCUT2D eigenvalue weighted by atomic mass is 32.2. The largest absolute Gasteiger partial charge is 0.326 e. The number of sulfonamides is 1. The molecule has 0 aliphatic rings. The highest BCUT2D eigenvalue weighted by molar-refractivity contribution is 7.94. The Balaban J connectivity index is 2.24. The summed E-state index contributed by atoms with van der Waals surface area (Å²) < 4.78 is 26.5. The quantitative estimate of drug-likeness (QED) is 0.880. The van der Waals surface area contributed by atoms with Gasteiger partial charge in [0.25, 0.3) is 10.0 Å². The van der Waals surface area contributed by atoms with Gasteiger partial charge in [-0.2, -0.15) is 0 Å². The zero-order valence-corrected chi connectivity index (χ0v) is 11.3. The fourth-order valence-corrected chi connectivity index (χ4v) is 4.15. The van der Waals surface area contributed by atoms with Gasteiger partial charge >= 0.3 is 0 Å². The van der Waals surface area contributed by atoms with Crippen molar-refractivity contribution in [2.75, 3.05) is 4.72 Å². The zero-order valence-electron chi connectivity index (χ0n) is 8.87. The average Bonchev–Trinajstić information content (AvgIpc) is 2.86. The molecule has 6 nitrogen and oxygen atoms in total. The molecule has 92 valence electrons. The Labute approximate surface area is 107 Å². The standard InChI is InChI=1S/C8H10N4O2S3/c1-5-10-11-8(16-5)12-17(13,14)7-2-6(3-9)4-15-7/h2,4H,3,9H2,1H3,(H,11,12). The Kier molecular flexibility index (Phi) is 3.43. The first-order chi connectivity index (χ1) is 8.01. The van der Waals surface area contributed by atoms with Gasteiger partial charge in [-0.3, -0.25) is 4.72 Å². The topological polar surface area (TPSA) is 98.0 Å². The Morgan fingerprint density at radius 1 is 1.47 bits per heavy atom. The Hall–Kier alpha value is -1.03. The smallest absolute Gasteiger partial charge is 0.273 e. The van der Waals surface area contributed by atoms with Crippen molar-refractivity contribution in [1.82, 2.24) is 10.2 Å². The van der Waals surface area contributed by atoms with Crippen molar-refractivity contribution in [3.05, 3.63) is 22.0 Å². The highest BCUT2D eigenvalue weighted by Gasteiger charge is 2.18. The van der Waals surface area contributed by atoms with Gasteiger partial charge in [-0.05, 0) is 23.9 Å². The van der Waals surface area contributed by atoms with Crippen LogP contribution < -0.4 is 10.5 Å². The second-order valence-electron chi connectivity index (χ2n) is 3.21. The minimum Gasteiger partial charge on any atom is -0.326 e. The van der Waals surface area contributed by atoms with Crippen LogP contribution in [0.25, 0.3) is 0 Å². The molecule has 2 aromatic rings. The minimum absolute atomic E-state index is 0.228. The Morgan fingerprint density at radius 3 is 2.76 bits per heavy atom. The third kappa shape index (κ3) is 2.80. The Bertz CT molecular complexity index is 616. The van der Waals surface area contributed by atoms with Crippen LogP contribution in [0.1, 0.15) is 10.6 Å². The number of rotatable bonds is 4. The molecule has 0 aromatic carbocycles. The van der Waals surface area contributed by atoms with Gasteiger partial charge in [0.1, 0.15) is 9.22 Å². The van der Waals surface area contributed by atoms with Crippen LogP contribution in [0.4, 0.5) is 5.13 Å². The van der Waals surface area contributed by atoms with Crippen molar-refractivity contribution < 1.29 is 8.42 Å². The van der Waals surface area contributed by atoms with Gasteiger partial charge in [0.05, 0.1) is 0 Å². The number of aromatic nitrogens is 2. The number of hydrogen-bond donors (Lipinski definition) is 2. The number of thiophene rings is 1. The third-order valence-corrected chi connectivity index (χ3v) is 5.59. The van der Waals surface area contributed by atoms with Gasteiger partial charge in [-0.1, -0.05) is 11.3 Å². The lowest BCUT2D eigenvalue weighted by atomic mass is 10.4. The summed E-state index contributed by atoms with van der Waals surface area (Å²) in [5.74, 6) is 0. The van der Waals surface area contributed by atoms with E-state index < -0.39 is 10.0 Å². The molecule has 9 heteroatoms. The predicted octanol–water partition coefficient (Wildman–Crippen LogP) is 1.17. The fourth-order valence-electron chi connectivity index (χ4n) is 1.10. The van der Waals surface area contributed by atoms with Crippen LogP contribution in [0.3, 0.4) is 0 Å². The molecule has 0 saturated heterocycles. The molecule has 3 N–H and O–H groups in total. The lowest BCUT2D eigenvalue weighted by Gasteiger charge is -2.00. The molecule has 0 amide bonds. The summed E-state index contributed by atoms with van der Waals surface area (Å²) in [4.78, 5) is 0. The number of nitrogens with zero attached hydrogens (tertiary/aromatic N) is 2. The molecular weight excluding hydrogens is 280 g/mol. The third-order valence-electron chi connectivity index (χ3n) is 1.88. The molecule has 0 bridgehead atoms.